The van der Waals surface area contributed by atoms with Gasteiger partial charge in [0, 0.05) is 10.7 Å². The molecule has 0 saturated carbocycles. The van der Waals surface area contributed by atoms with E-state index >= 15 is 0 Å². The maximum absolute atomic E-state index is 12.5. The highest BCUT2D eigenvalue weighted by molar-refractivity contribution is 6.30. The zero-order valence-corrected chi connectivity index (χ0v) is 15.4. The summed E-state index contributed by atoms with van der Waals surface area (Å²) in [7, 11) is 0. The largest absolute Gasteiger partial charge is 0.460 e. The molecule has 0 aromatic heterocycles. The van der Waals surface area contributed by atoms with Crippen LogP contribution in [-0.2, 0) is 20.9 Å². The van der Waals surface area contributed by atoms with E-state index in [1.165, 1.54) is 0 Å². The second-order valence-electron chi connectivity index (χ2n) is 5.96. The van der Waals surface area contributed by atoms with Crippen LogP contribution in [0.25, 0.3) is 0 Å². The van der Waals surface area contributed by atoms with E-state index in [4.69, 9.17) is 16.3 Å². The number of benzene rings is 2. The van der Waals surface area contributed by atoms with Crippen LogP contribution in [0, 0.1) is 19.8 Å². The minimum atomic E-state index is -0.849. The van der Waals surface area contributed by atoms with E-state index in [0.717, 1.165) is 16.7 Å². The van der Waals surface area contributed by atoms with Crippen LogP contribution >= 0.6 is 11.6 Å². The monoisotopic (exact) mass is 359 g/mol. The molecule has 132 valence electrons. The summed E-state index contributed by atoms with van der Waals surface area (Å²) in [5.41, 5.74) is 3.27. The van der Waals surface area contributed by atoms with Crippen molar-refractivity contribution in [1.29, 1.82) is 0 Å². The van der Waals surface area contributed by atoms with Crippen LogP contribution in [0.1, 0.15) is 30.0 Å². The van der Waals surface area contributed by atoms with Gasteiger partial charge in [-0.1, -0.05) is 48.9 Å². The number of nitrogens with one attached hydrogen (secondary N) is 1. The highest BCUT2D eigenvalue weighted by atomic mass is 35.5. The molecule has 0 spiro atoms. The average molecular weight is 360 g/mol. The molecule has 0 aliphatic heterocycles. The zero-order valence-electron chi connectivity index (χ0n) is 14.6. The molecule has 0 aliphatic carbocycles. The van der Waals surface area contributed by atoms with E-state index < -0.39 is 11.9 Å². The van der Waals surface area contributed by atoms with Crippen molar-refractivity contribution in [3.8, 4) is 0 Å². The number of rotatable bonds is 6. The van der Waals surface area contributed by atoms with E-state index in [1.54, 1.807) is 19.1 Å². The van der Waals surface area contributed by atoms with E-state index in [9.17, 15) is 9.59 Å². The Morgan fingerprint density at radius 3 is 2.28 bits per heavy atom. The number of esters is 1. The van der Waals surface area contributed by atoms with Gasteiger partial charge < -0.3 is 10.1 Å². The number of carbonyl (C=O) groups excluding carboxylic acids is 2. The first-order valence-corrected chi connectivity index (χ1v) is 8.58. The maximum atomic E-state index is 12.5. The molecule has 1 amide bonds. The third-order valence-corrected chi connectivity index (χ3v) is 4.20. The summed E-state index contributed by atoms with van der Waals surface area (Å²) in [4.78, 5) is 24.8. The van der Waals surface area contributed by atoms with Gasteiger partial charge in [0.25, 0.3) is 0 Å². The Balaban J connectivity index is 2.04. The first-order chi connectivity index (χ1) is 11.9. The standard InChI is InChI=1S/C20H22ClNO3/c1-4-17(20(24)25-12-15-8-6-5-7-9-15)19(23)22-18-13(2)10-16(21)11-14(18)3/h5-11,17H,4,12H2,1-3H3,(H,22,23). The fourth-order valence-corrected chi connectivity index (χ4v) is 2.93. The van der Waals surface area contributed by atoms with Crippen molar-refractivity contribution >= 4 is 29.2 Å². The van der Waals surface area contributed by atoms with Gasteiger partial charge in [0.2, 0.25) is 5.91 Å². The average Bonchev–Trinajstić information content (AvgIpc) is 2.58. The van der Waals surface area contributed by atoms with Crippen LogP contribution in [0.2, 0.25) is 5.02 Å². The van der Waals surface area contributed by atoms with Crippen molar-refractivity contribution in [2.75, 3.05) is 5.32 Å². The van der Waals surface area contributed by atoms with E-state index in [2.05, 4.69) is 5.32 Å². The molecule has 1 unspecified atom stereocenters. The van der Waals surface area contributed by atoms with Gasteiger partial charge in [-0.2, -0.15) is 0 Å². The van der Waals surface area contributed by atoms with Gasteiger partial charge in [0.1, 0.15) is 12.5 Å². The lowest BCUT2D eigenvalue weighted by molar-refractivity contribution is -0.152. The van der Waals surface area contributed by atoms with Gasteiger partial charge in [0.15, 0.2) is 0 Å². The minimum absolute atomic E-state index is 0.155. The smallest absolute Gasteiger partial charge is 0.318 e. The Labute approximate surface area is 153 Å². The molecule has 4 nitrogen and oxygen atoms in total. The van der Waals surface area contributed by atoms with Crippen LogP contribution in [0.5, 0.6) is 0 Å². The Bertz CT molecular complexity index is 736. The van der Waals surface area contributed by atoms with Crippen LogP contribution < -0.4 is 5.32 Å². The SMILES string of the molecule is CCC(C(=O)Nc1c(C)cc(Cl)cc1C)C(=O)OCc1ccccc1. The Morgan fingerprint density at radius 1 is 1.12 bits per heavy atom. The molecular weight excluding hydrogens is 338 g/mol. The summed E-state index contributed by atoms with van der Waals surface area (Å²) >= 11 is 6.01. The quantitative estimate of drug-likeness (QED) is 0.602. The summed E-state index contributed by atoms with van der Waals surface area (Å²) < 4.78 is 5.30. The zero-order chi connectivity index (χ0) is 18.4. The fourth-order valence-electron chi connectivity index (χ4n) is 2.61. The van der Waals surface area contributed by atoms with Gasteiger partial charge in [-0.05, 0) is 49.1 Å². The predicted molar refractivity (Wildman–Crippen MR) is 99.6 cm³/mol. The highest BCUT2D eigenvalue weighted by Crippen LogP contribution is 2.25. The van der Waals surface area contributed by atoms with E-state index in [-0.39, 0.29) is 12.5 Å². The Morgan fingerprint density at radius 2 is 1.72 bits per heavy atom. The topological polar surface area (TPSA) is 55.4 Å². The summed E-state index contributed by atoms with van der Waals surface area (Å²) in [6.07, 6.45) is 0.366. The first-order valence-electron chi connectivity index (χ1n) is 8.20. The fraction of sp³-hybridized carbons (Fsp3) is 0.300. The summed E-state index contributed by atoms with van der Waals surface area (Å²) in [6.45, 7) is 5.67. The molecule has 1 N–H and O–H groups in total. The van der Waals surface area contributed by atoms with Gasteiger partial charge >= 0.3 is 5.97 Å². The predicted octanol–water partition coefficient (Wildman–Crippen LogP) is 4.66. The van der Waals surface area contributed by atoms with Crippen molar-refractivity contribution in [3.63, 3.8) is 0 Å². The number of ether oxygens (including phenoxy) is 1. The number of aryl methyl sites for hydroxylation is 2. The van der Waals surface area contributed by atoms with Crippen molar-refractivity contribution in [1.82, 2.24) is 0 Å². The van der Waals surface area contributed by atoms with Crippen LogP contribution in [-0.4, -0.2) is 11.9 Å². The van der Waals surface area contributed by atoms with Crippen molar-refractivity contribution in [2.24, 2.45) is 5.92 Å². The van der Waals surface area contributed by atoms with E-state index in [0.29, 0.717) is 17.1 Å². The number of carbonyl (C=O) groups is 2. The van der Waals surface area contributed by atoms with Crippen molar-refractivity contribution in [2.45, 2.75) is 33.8 Å². The highest BCUT2D eigenvalue weighted by Gasteiger charge is 2.27. The third kappa shape index (κ3) is 5.07. The number of halogens is 1. The van der Waals surface area contributed by atoms with Gasteiger partial charge in [-0.15, -0.1) is 0 Å². The molecule has 1 atom stereocenters. The first kappa shape index (κ1) is 19.0. The molecule has 0 fully saturated rings. The molecule has 0 bridgehead atoms. The van der Waals surface area contributed by atoms with Crippen LogP contribution in [0.15, 0.2) is 42.5 Å². The van der Waals surface area contributed by atoms with E-state index in [1.807, 2.05) is 44.2 Å². The molecular formula is C20H22ClNO3. The molecule has 2 aromatic rings. The lowest BCUT2D eigenvalue weighted by Gasteiger charge is -2.17. The van der Waals surface area contributed by atoms with Gasteiger partial charge in [-0.3, -0.25) is 9.59 Å². The molecule has 2 aromatic carbocycles. The Kier molecular flexibility index (Phi) is 6.59. The Hall–Kier alpha value is -2.33. The van der Waals surface area contributed by atoms with Crippen molar-refractivity contribution < 1.29 is 14.3 Å². The number of anilines is 1. The lowest BCUT2D eigenvalue weighted by atomic mass is 10.0. The molecule has 0 radical (unpaired) electrons. The van der Waals surface area contributed by atoms with Crippen molar-refractivity contribution in [3.05, 3.63) is 64.2 Å². The van der Waals surface area contributed by atoms with Gasteiger partial charge in [0.05, 0.1) is 0 Å². The molecule has 25 heavy (non-hydrogen) atoms. The minimum Gasteiger partial charge on any atom is -0.460 e. The summed E-state index contributed by atoms with van der Waals surface area (Å²) in [5.74, 6) is -1.74. The number of hydrogen-bond acceptors (Lipinski definition) is 3. The van der Waals surface area contributed by atoms with Gasteiger partial charge in [-0.25, -0.2) is 0 Å². The molecule has 2 rings (SSSR count). The molecule has 0 heterocycles. The lowest BCUT2D eigenvalue weighted by Crippen LogP contribution is -2.31. The summed E-state index contributed by atoms with van der Waals surface area (Å²) in [6, 6.07) is 12.9. The third-order valence-electron chi connectivity index (χ3n) is 3.98. The molecule has 0 aliphatic rings. The van der Waals surface area contributed by atoms with Crippen LogP contribution in [0.3, 0.4) is 0 Å². The number of hydrogen-bond donors (Lipinski definition) is 1. The molecule has 0 saturated heterocycles. The number of amides is 1. The second-order valence-corrected chi connectivity index (χ2v) is 6.39. The second kappa shape index (κ2) is 8.67. The maximum Gasteiger partial charge on any atom is 0.318 e. The summed E-state index contributed by atoms with van der Waals surface area (Å²) in [5, 5.41) is 3.45. The normalized spacial score (nSPS) is 11.7. The van der Waals surface area contributed by atoms with Crippen LogP contribution in [0.4, 0.5) is 5.69 Å². The molecule has 5 heteroatoms.